The predicted octanol–water partition coefficient (Wildman–Crippen LogP) is 3.39. The molecule has 2 heterocycles. The van der Waals surface area contributed by atoms with E-state index in [-0.39, 0.29) is 12.4 Å². The summed E-state index contributed by atoms with van der Waals surface area (Å²) in [6.45, 7) is 2.11. The predicted molar refractivity (Wildman–Crippen MR) is 89.5 cm³/mol. The molecular weight excluding hydrogens is 304 g/mol. The van der Waals surface area contributed by atoms with Gasteiger partial charge in [0.1, 0.15) is 5.50 Å². The van der Waals surface area contributed by atoms with Gasteiger partial charge in [0, 0.05) is 23.5 Å². The molecule has 1 unspecified atom stereocenters. The number of benzene rings is 2. The molecule has 108 valence electrons. The zero-order valence-electron chi connectivity index (χ0n) is 11.3. The van der Waals surface area contributed by atoms with Crippen molar-refractivity contribution in [2.75, 3.05) is 18.0 Å². The van der Waals surface area contributed by atoms with E-state index < -0.39 is 0 Å². The van der Waals surface area contributed by atoms with Crippen LogP contribution in [0.3, 0.4) is 0 Å². The van der Waals surface area contributed by atoms with E-state index in [4.69, 9.17) is 0 Å². The molecule has 4 rings (SSSR count). The fourth-order valence-electron chi connectivity index (χ4n) is 2.88. The number of halogens is 1. The van der Waals surface area contributed by atoms with E-state index in [1.807, 2.05) is 36.0 Å². The molecule has 0 aromatic heterocycles. The third kappa shape index (κ3) is 2.33. The second-order valence-electron chi connectivity index (χ2n) is 5.01. The average molecular weight is 319 g/mol. The number of nitrogens with one attached hydrogen (secondary N) is 1. The molecule has 0 radical (unpaired) electrons. The van der Waals surface area contributed by atoms with E-state index in [0.717, 1.165) is 36.1 Å². The molecule has 0 saturated carbocycles. The van der Waals surface area contributed by atoms with Crippen molar-refractivity contribution in [1.29, 1.82) is 0 Å². The zero-order valence-corrected chi connectivity index (χ0v) is 12.9. The van der Waals surface area contributed by atoms with Crippen molar-refractivity contribution in [2.24, 2.45) is 0 Å². The number of carbonyl (C=O) groups excluding carboxylic acids is 1. The van der Waals surface area contributed by atoms with Crippen molar-refractivity contribution in [1.82, 2.24) is 5.32 Å². The Balaban J connectivity index is 0.00000132. The maximum Gasteiger partial charge on any atom is 0.150 e. The molecular formula is C16H15ClN2OS. The number of aldehydes is 1. The van der Waals surface area contributed by atoms with E-state index in [0.29, 0.717) is 5.50 Å². The lowest BCUT2D eigenvalue weighted by molar-refractivity contribution is 0.112. The number of nitrogens with zero attached hydrogens (tertiary/aromatic N) is 1. The van der Waals surface area contributed by atoms with Gasteiger partial charge in [0.25, 0.3) is 0 Å². The largest absolute Gasteiger partial charge is 0.345 e. The number of rotatable bonds is 2. The van der Waals surface area contributed by atoms with E-state index in [1.54, 1.807) is 0 Å². The van der Waals surface area contributed by atoms with Crippen molar-refractivity contribution in [3.63, 3.8) is 0 Å². The van der Waals surface area contributed by atoms with Gasteiger partial charge in [-0.2, -0.15) is 0 Å². The van der Waals surface area contributed by atoms with Crippen LogP contribution >= 0.6 is 24.2 Å². The molecule has 0 aliphatic carbocycles. The second kappa shape index (κ2) is 5.72. The number of anilines is 1. The Morgan fingerprint density at radius 3 is 2.95 bits per heavy atom. The molecule has 1 saturated heterocycles. The van der Waals surface area contributed by atoms with Gasteiger partial charge in [-0.25, -0.2) is 0 Å². The summed E-state index contributed by atoms with van der Waals surface area (Å²) in [6.07, 6.45) is 0.926. The Bertz CT molecular complexity index is 692. The SMILES string of the molecule is Cl.O=Cc1ccccc1-c1ccc2c(c1)SC1NCCN21. The molecule has 1 atom stereocenters. The van der Waals surface area contributed by atoms with Crippen LogP contribution in [0.5, 0.6) is 0 Å². The van der Waals surface area contributed by atoms with Crippen molar-refractivity contribution in [2.45, 2.75) is 10.4 Å². The Morgan fingerprint density at radius 1 is 1.24 bits per heavy atom. The van der Waals surface area contributed by atoms with Crippen LogP contribution < -0.4 is 10.2 Å². The summed E-state index contributed by atoms with van der Waals surface area (Å²) in [5, 5.41) is 3.48. The molecule has 5 heteroatoms. The fourth-order valence-corrected chi connectivity index (χ4v) is 4.17. The van der Waals surface area contributed by atoms with Crippen LogP contribution in [0.15, 0.2) is 47.4 Å². The van der Waals surface area contributed by atoms with Gasteiger partial charge >= 0.3 is 0 Å². The highest BCUT2D eigenvalue weighted by molar-refractivity contribution is 8.00. The lowest BCUT2D eigenvalue weighted by Gasteiger charge is -2.16. The Hall–Kier alpha value is -1.49. The van der Waals surface area contributed by atoms with Gasteiger partial charge in [0.05, 0.1) is 5.69 Å². The number of hydrogen-bond donors (Lipinski definition) is 1. The van der Waals surface area contributed by atoms with Crippen molar-refractivity contribution >= 4 is 36.1 Å². The highest BCUT2D eigenvalue weighted by atomic mass is 35.5. The summed E-state index contributed by atoms with van der Waals surface area (Å²) in [4.78, 5) is 14.9. The smallest absolute Gasteiger partial charge is 0.150 e. The summed E-state index contributed by atoms with van der Waals surface area (Å²) in [7, 11) is 0. The van der Waals surface area contributed by atoms with Crippen LogP contribution in [0.4, 0.5) is 5.69 Å². The van der Waals surface area contributed by atoms with Gasteiger partial charge in [-0.15, -0.1) is 12.4 Å². The van der Waals surface area contributed by atoms with E-state index >= 15 is 0 Å². The summed E-state index contributed by atoms with van der Waals surface area (Å²) in [5.74, 6) is 0. The van der Waals surface area contributed by atoms with E-state index in [1.165, 1.54) is 10.6 Å². The lowest BCUT2D eigenvalue weighted by atomic mass is 10.00. The van der Waals surface area contributed by atoms with Gasteiger partial charge < -0.3 is 4.90 Å². The molecule has 0 spiro atoms. The number of thioether (sulfide) groups is 1. The zero-order chi connectivity index (χ0) is 13.5. The molecule has 1 N–H and O–H groups in total. The molecule has 0 bridgehead atoms. The van der Waals surface area contributed by atoms with Gasteiger partial charge in [-0.1, -0.05) is 42.1 Å². The van der Waals surface area contributed by atoms with Gasteiger partial charge in [-0.3, -0.25) is 10.1 Å². The van der Waals surface area contributed by atoms with Gasteiger partial charge in [-0.05, 0) is 23.3 Å². The Kier molecular flexibility index (Phi) is 3.93. The van der Waals surface area contributed by atoms with E-state index in [2.05, 4.69) is 28.4 Å². The van der Waals surface area contributed by atoms with Crippen molar-refractivity contribution in [3.8, 4) is 11.1 Å². The van der Waals surface area contributed by atoms with Crippen LogP contribution in [-0.2, 0) is 0 Å². The minimum absolute atomic E-state index is 0. The quantitative estimate of drug-likeness (QED) is 0.860. The first kappa shape index (κ1) is 14.4. The normalized spacial score (nSPS) is 18.9. The monoisotopic (exact) mass is 318 g/mol. The molecule has 2 aromatic rings. The molecule has 3 nitrogen and oxygen atoms in total. The first-order valence-electron chi connectivity index (χ1n) is 6.72. The highest BCUT2D eigenvalue weighted by Gasteiger charge is 2.33. The molecule has 21 heavy (non-hydrogen) atoms. The maximum absolute atomic E-state index is 11.2. The summed E-state index contributed by atoms with van der Waals surface area (Å²) >= 11 is 1.86. The molecule has 2 aliphatic rings. The number of hydrogen-bond acceptors (Lipinski definition) is 4. The van der Waals surface area contributed by atoms with Gasteiger partial charge in [0.15, 0.2) is 6.29 Å². The fraction of sp³-hybridized carbons (Fsp3) is 0.188. The molecule has 2 aromatic carbocycles. The molecule has 1 fully saturated rings. The van der Waals surface area contributed by atoms with Crippen molar-refractivity contribution in [3.05, 3.63) is 48.0 Å². The van der Waals surface area contributed by atoms with Crippen LogP contribution in [-0.4, -0.2) is 24.9 Å². The number of carbonyl (C=O) groups is 1. The van der Waals surface area contributed by atoms with Crippen LogP contribution in [0.1, 0.15) is 10.4 Å². The summed E-state index contributed by atoms with van der Waals surface area (Å²) < 4.78 is 0. The maximum atomic E-state index is 11.2. The highest BCUT2D eigenvalue weighted by Crippen LogP contribution is 2.45. The molecule has 0 amide bonds. The van der Waals surface area contributed by atoms with Crippen LogP contribution in [0, 0.1) is 0 Å². The average Bonchev–Trinajstić information content (AvgIpc) is 3.07. The van der Waals surface area contributed by atoms with Gasteiger partial charge in [0.2, 0.25) is 0 Å². The lowest BCUT2D eigenvalue weighted by Crippen LogP contribution is -2.28. The Morgan fingerprint density at radius 2 is 2.10 bits per heavy atom. The van der Waals surface area contributed by atoms with Crippen LogP contribution in [0.2, 0.25) is 0 Å². The van der Waals surface area contributed by atoms with Crippen LogP contribution in [0.25, 0.3) is 11.1 Å². The topological polar surface area (TPSA) is 32.3 Å². The third-order valence-electron chi connectivity index (χ3n) is 3.86. The molecule has 2 aliphatic heterocycles. The minimum Gasteiger partial charge on any atom is -0.345 e. The first-order valence-corrected chi connectivity index (χ1v) is 7.60. The van der Waals surface area contributed by atoms with Crippen molar-refractivity contribution < 1.29 is 4.79 Å². The number of fused-ring (bicyclic) bond motifs is 3. The summed E-state index contributed by atoms with van der Waals surface area (Å²) in [6, 6.07) is 14.2. The Labute approximate surface area is 134 Å². The van der Waals surface area contributed by atoms with E-state index in [9.17, 15) is 4.79 Å². The minimum atomic E-state index is 0. The standard InChI is InChI=1S/C16H14N2OS.ClH/c19-10-12-3-1-2-4-13(12)11-5-6-14-15(9-11)20-16-17-7-8-18(14)16;/h1-6,9-10,16-17H,7-8H2;1H. The second-order valence-corrected chi connectivity index (χ2v) is 6.13. The third-order valence-corrected chi connectivity index (χ3v) is 5.09. The first-order chi connectivity index (χ1) is 9.86. The summed E-state index contributed by atoms with van der Waals surface area (Å²) in [5.41, 5.74) is 4.54.